The van der Waals surface area contributed by atoms with Crippen molar-refractivity contribution in [2.75, 3.05) is 7.11 Å². The van der Waals surface area contributed by atoms with Gasteiger partial charge in [0, 0.05) is 19.3 Å². The van der Waals surface area contributed by atoms with Crippen LogP contribution in [0.25, 0.3) is 0 Å². The maximum absolute atomic E-state index is 10.4. The Balaban J connectivity index is 4.04. The lowest BCUT2D eigenvalue weighted by atomic mass is 10.1. The smallest absolute Gasteiger partial charge is 0.367 e. The molecule has 2 atom stereocenters. The van der Waals surface area contributed by atoms with Crippen LogP contribution in [0.5, 0.6) is 0 Å². The van der Waals surface area contributed by atoms with Crippen molar-refractivity contribution in [1.29, 1.82) is 0 Å². The van der Waals surface area contributed by atoms with E-state index in [1.165, 1.54) is 45.6 Å². The van der Waals surface area contributed by atoms with Crippen molar-refractivity contribution in [3.8, 4) is 0 Å². The van der Waals surface area contributed by atoms with Gasteiger partial charge in [0.25, 0.3) is 0 Å². The van der Waals surface area contributed by atoms with Gasteiger partial charge in [-0.05, 0) is 26.7 Å². The first-order chi connectivity index (χ1) is 10.5. The molecular formula is C17H38O4Si. The lowest BCUT2D eigenvalue weighted by Crippen LogP contribution is -2.49. The van der Waals surface area contributed by atoms with Crippen LogP contribution in [0.1, 0.15) is 91.9 Å². The lowest BCUT2D eigenvalue weighted by Gasteiger charge is -2.28. The molecule has 0 spiro atoms. The predicted molar refractivity (Wildman–Crippen MR) is 93.6 cm³/mol. The summed E-state index contributed by atoms with van der Waals surface area (Å²) in [5, 5.41) is 0. The highest BCUT2D eigenvalue weighted by molar-refractivity contribution is 6.51. The molecule has 1 N–H and O–H groups in total. The summed E-state index contributed by atoms with van der Waals surface area (Å²) in [6.45, 7) is 8.37. The third kappa shape index (κ3) is 11.6. The van der Waals surface area contributed by atoms with Gasteiger partial charge < -0.3 is 18.1 Å². The SMILES string of the molecule is CCCCCCC(C)O[Si](O)(OC)OC(C)CCCCCC. The summed E-state index contributed by atoms with van der Waals surface area (Å²) >= 11 is 0. The number of rotatable bonds is 15. The molecule has 0 aromatic carbocycles. The van der Waals surface area contributed by atoms with E-state index < -0.39 is 9.05 Å². The van der Waals surface area contributed by atoms with Gasteiger partial charge >= 0.3 is 9.05 Å². The minimum absolute atomic E-state index is 0.0271. The zero-order valence-electron chi connectivity index (χ0n) is 15.4. The Kier molecular flexibility index (Phi) is 13.5. The lowest BCUT2D eigenvalue weighted by molar-refractivity contribution is -0.0397. The Morgan fingerprint density at radius 3 is 1.50 bits per heavy atom. The molecule has 0 rings (SSSR count). The highest BCUT2D eigenvalue weighted by Crippen LogP contribution is 2.17. The molecule has 4 nitrogen and oxygen atoms in total. The zero-order valence-corrected chi connectivity index (χ0v) is 16.4. The van der Waals surface area contributed by atoms with Gasteiger partial charge in [-0.25, -0.2) is 0 Å². The molecule has 0 amide bonds. The zero-order chi connectivity index (χ0) is 16.8. The van der Waals surface area contributed by atoms with Gasteiger partial charge in [-0.3, -0.25) is 0 Å². The van der Waals surface area contributed by atoms with Crippen molar-refractivity contribution in [2.45, 2.75) is 104 Å². The van der Waals surface area contributed by atoms with Gasteiger partial charge in [-0.1, -0.05) is 65.2 Å². The van der Waals surface area contributed by atoms with E-state index in [1.54, 1.807) is 0 Å². The molecule has 134 valence electrons. The van der Waals surface area contributed by atoms with E-state index in [2.05, 4.69) is 13.8 Å². The Hall–Kier alpha value is 0.0569. The van der Waals surface area contributed by atoms with Crippen LogP contribution >= 0.6 is 0 Å². The Morgan fingerprint density at radius 1 is 0.773 bits per heavy atom. The van der Waals surface area contributed by atoms with Crippen molar-refractivity contribution in [1.82, 2.24) is 0 Å². The summed E-state index contributed by atoms with van der Waals surface area (Å²) in [5.41, 5.74) is 0. The van der Waals surface area contributed by atoms with Crippen LogP contribution in [0.4, 0.5) is 0 Å². The molecule has 0 bridgehead atoms. The number of hydrogen-bond acceptors (Lipinski definition) is 4. The fraction of sp³-hybridized carbons (Fsp3) is 1.00. The topological polar surface area (TPSA) is 47.9 Å². The fourth-order valence-corrected chi connectivity index (χ4v) is 3.97. The van der Waals surface area contributed by atoms with Crippen molar-refractivity contribution >= 4 is 9.05 Å². The molecule has 0 saturated heterocycles. The minimum Gasteiger partial charge on any atom is -0.367 e. The van der Waals surface area contributed by atoms with Gasteiger partial charge in [-0.2, -0.15) is 0 Å². The van der Waals surface area contributed by atoms with Gasteiger partial charge in [0.1, 0.15) is 0 Å². The molecule has 0 fully saturated rings. The highest BCUT2D eigenvalue weighted by atomic mass is 28.4. The molecule has 0 aromatic heterocycles. The van der Waals surface area contributed by atoms with Gasteiger partial charge in [0.05, 0.1) is 0 Å². The molecular weight excluding hydrogens is 296 g/mol. The third-order valence-electron chi connectivity index (χ3n) is 3.89. The van der Waals surface area contributed by atoms with Crippen molar-refractivity contribution < 1.29 is 18.1 Å². The van der Waals surface area contributed by atoms with Crippen LogP contribution in [0, 0.1) is 0 Å². The van der Waals surface area contributed by atoms with Gasteiger partial charge in [0.2, 0.25) is 0 Å². The second kappa shape index (κ2) is 13.5. The van der Waals surface area contributed by atoms with E-state index in [1.807, 2.05) is 13.8 Å². The Labute approximate surface area is 139 Å². The molecule has 5 heteroatoms. The predicted octanol–water partition coefficient (Wildman–Crippen LogP) is 4.81. The van der Waals surface area contributed by atoms with Crippen LogP contribution < -0.4 is 0 Å². The standard InChI is InChI=1S/C17H38O4Si/c1-6-8-10-12-14-16(3)20-22(18,19-5)21-17(4)15-13-11-9-7-2/h16-18H,6-15H2,1-5H3. The largest absolute Gasteiger partial charge is 0.677 e. The van der Waals surface area contributed by atoms with E-state index in [0.29, 0.717) is 0 Å². The number of unbranched alkanes of at least 4 members (excludes halogenated alkanes) is 6. The van der Waals surface area contributed by atoms with Crippen LogP contribution in [-0.2, 0) is 13.3 Å². The van der Waals surface area contributed by atoms with E-state index in [9.17, 15) is 4.80 Å². The van der Waals surface area contributed by atoms with E-state index in [0.717, 1.165) is 25.7 Å². The molecule has 0 heterocycles. The average molecular weight is 335 g/mol. The summed E-state index contributed by atoms with van der Waals surface area (Å²) < 4.78 is 16.6. The average Bonchev–Trinajstić information content (AvgIpc) is 2.48. The molecule has 0 aliphatic heterocycles. The fourth-order valence-electron chi connectivity index (χ4n) is 2.47. The van der Waals surface area contributed by atoms with Crippen molar-refractivity contribution in [2.24, 2.45) is 0 Å². The van der Waals surface area contributed by atoms with E-state index >= 15 is 0 Å². The molecule has 0 aromatic rings. The van der Waals surface area contributed by atoms with Crippen molar-refractivity contribution in [3.05, 3.63) is 0 Å². The summed E-state index contributed by atoms with van der Waals surface area (Å²) in [5.74, 6) is 0. The summed E-state index contributed by atoms with van der Waals surface area (Å²) in [7, 11) is -2.01. The first-order valence-corrected chi connectivity index (χ1v) is 10.8. The number of hydrogen-bond donors (Lipinski definition) is 1. The van der Waals surface area contributed by atoms with Crippen LogP contribution in [0.15, 0.2) is 0 Å². The molecule has 0 aliphatic rings. The summed E-state index contributed by atoms with van der Waals surface area (Å²) in [6.07, 6.45) is 11.5. The maximum Gasteiger partial charge on any atom is 0.677 e. The second-order valence-electron chi connectivity index (χ2n) is 6.28. The highest BCUT2D eigenvalue weighted by Gasteiger charge is 2.43. The normalized spacial score (nSPS) is 17.2. The molecule has 0 saturated carbocycles. The molecule has 0 radical (unpaired) electrons. The van der Waals surface area contributed by atoms with E-state index in [4.69, 9.17) is 13.3 Å². The van der Waals surface area contributed by atoms with Crippen LogP contribution in [0.3, 0.4) is 0 Å². The monoisotopic (exact) mass is 334 g/mol. The van der Waals surface area contributed by atoms with E-state index in [-0.39, 0.29) is 12.2 Å². The maximum atomic E-state index is 10.4. The second-order valence-corrected chi connectivity index (χ2v) is 8.21. The third-order valence-corrected chi connectivity index (χ3v) is 5.80. The molecule has 22 heavy (non-hydrogen) atoms. The van der Waals surface area contributed by atoms with Crippen LogP contribution in [-0.4, -0.2) is 33.2 Å². The molecule has 0 aliphatic carbocycles. The first-order valence-electron chi connectivity index (χ1n) is 9.10. The quantitative estimate of drug-likeness (QED) is 0.345. The first kappa shape index (κ1) is 22.1. The Morgan fingerprint density at radius 2 is 1.18 bits per heavy atom. The summed E-state index contributed by atoms with van der Waals surface area (Å²) in [6, 6.07) is 0. The summed E-state index contributed by atoms with van der Waals surface area (Å²) in [4.78, 5) is 10.4. The Bertz CT molecular complexity index is 231. The minimum atomic E-state index is -3.49. The van der Waals surface area contributed by atoms with Crippen LogP contribution in [0.2, 0.25) is 0 Å². The van der Waals surface area contributed by atoms with Gasteiger partial charge in [-0.15, -0.1) is 0 Å². The van der Waals surface area contributed by atoms with Gasteiger partial charge in [0.15, 0.2) is 0 Å². The van der Waals surface area contributed by atoms with Crippen molar-refractivity contribution in [3.63, 3.8) is 0 Å². The molecule has 2 unspecified atom stereocenters.